The summed E-state index contributed by atoms with van der Waals surface area (Å²) in [6.45, 7) is 4.42. The molecule has 24 heavy (non-hydrogen) atoms. The third-order valence-corrected chi connectivity index (χ3v) is 3.85. The first-order valence-corrected chi connectivity index (χ1v) is 7.93. The van der Waals surface area contributed by atoms with E-state index < -0.39 is 0 Å². The van der Waals surface area contributed by atoms with Crippen LogP contribution in [0, 0.1) is 6.92 Å². The van der Waals surface area contributed by atoms with Gasteiger partial charge >= 0.3 is 0 Å². The molecule has 0 aliphatic rings. The normalized spacial score (nSPS) is 11.6. The van der Waals surface area contributed by atoms with Gasteiger partial charge in [0.05, 0.1) is 0 Å². The molecule has 0 bridgehead atoms. The Morgan fingerprint density at radius 2 is 1.71 bits per heavy atom. The van der Waals surface area contributed by atoms with Gasteiger partial charge in [0.1, 0.15) is 0 Å². The number of hydrogen-bond donors (Lipinski definition) is 3. The third kappa shape index (κ3) is 4.67. The topological polar surface area (TPSA) is 70.2 Å². The lowest BCUT2D eigenvalue weighted by atomic mass is 10.1. The number of carbonyl (C=O) groups excluding carboxylic acids is 2. The molecule has 5 nitrogen and oxygen atoms in total. The van der Waals surface area contributed by atoms with Crippen molar-refractivity contribution in [2.24, 2.45) is 0 Å². The van der Waals surface area contributed by atoms with E-state index in [1.54, 1.807) is 24.3 Å². The van der Waals surface area contributed by atoms with Crippen LogP contribution in [0.25, 0.3) is 0 Å². The van der Waals surface area contributed by atoms with Crippen molar-refractivity contribution in [1.29, 1.82) is 0 Å². The minimum atomic E-state index is -0.194. The van der Waals surface area contributed by atoms with Gasteiger partial charge in [-0.1, -0.05) is 24.3 Å². The van der Waals surface area contributed by atoms with E-state index in [-0.39, 0.29) is 17.9 Å². The number of rotatable bonds is 6. The average Bonchev–Trinajstić information content (AvgIpc) is 2.61. The van der Waals surface area contributed by atoms with E-state index in [4.69, 9.17) is 0 Å². The highest BCUT2D eigenvalue weighted by Gasteiger charge is 2.11. The zero-order valence-corrected chi connectivity index (χ0v) is 14.2. The molecule has 2 aromatic rings. The van der Waals surface area contributed by atoms with Crippen LogP contribution >= 0.6 is 0 Å². The summed E-state index contributed by atoms with van der Waals surface area (Å²) in [5.74, 6) is -0.354. The van der Waals surface area contributed by atoms with E-state index in [1.807, 2.05) is 45.2 Å². The monoisotopic (exact) mass is 325 g/mol. The molecule has 1 unspecified atom stereocenters. The van der Waals surface area contributed by atoms with Crippen molar-refractivity contribution in [3.05, 3.63) is 65.2 Å². The Morgan fingerprint density at radius 1 is 1.00 bits per heavy atom. The first kappa shape index (κ1) is 17.7. The number of hydrogen-bond acceptors (Lipinski definition) is 3. The molecule has 0 heterocycles. The molecule has 126 valence electrons. The quantitative estimate of drug-likeness (QED) is 0.764. The van der Waals surface area contributed by atoms with Crippen molar-refractivity contribution >= 4 is 17.5 Å². The van der Waals surface area contributed by atoms with Crippen LogP contribution in [-0.4, -0.2) is 31.4 Å². The SMILES string of the molecule is CNC(C)CNC(=O)c1ccc(C)c(NC(=O)c2ccccc2)c1. The molecule has 0 aliphatic carbocycles. The zero-order chi connectivity index (χ0) is 17.5. The van der Waals surface area contributed by atoms with Gasteiger partial charge in [0, 0.05) is 29.4 Å². The fraction of sp³-hybridized carbons (Fsp3) is 0.263. The van der Waals surface area contributed by atoms with E-state index in [2.05, 4.69) is 16.0 Å². The molecule has 5 heteroatoms. The summed E-state index contributed by atoms with van der Waals surface area (Å²) < 4.78 is 0. The fourth-order valence-corrected chi connectivity index (χ4v) is 2.13. The standard InChI is InChI=1S/C19H23N3O2/c1-13-9-10-16(18(23)21-12-14(2)20-3)11-17(13)22-19(24)15-7-5-4-6-8-15/h4-11,14,20H,12H2,1-3H3,(H,21,23)(H,22,24). The maximum Gasteiger partial charge on any atom is 0.255 e. The summed E-state index contributed by atoms with van der Waals surface area (Å²) in [6.07, 6.45) is 0. The average molecular weight is 325 g/mol. The molecule has 2 rings (SSSR count). The lowest BCUT2D eigenvalue weighted by Gasteiger charge is -2.13. The van der Waals surface area contributed by atoms with E-state index in [1.165, 1.54) is 0 Å². The fourth-order valence-electron chi connectivity index (χ4n) is 2.13. The second-order valence-corrected chi connectivity index (χ2v) is 5.75. The summed E-state index contributed by atoms with van der Waals surface area (Å²) in [5.41, 5.74) is 2.64. The summed E-state index contributed by atoms with van der Waals surface area (Å²) in [4.78, 5) is 24.5. The molecule has 3 N–H and O–H groups in total. The molecule has 2 amide bonds. The predicted octanol–water partition coefficient (Wildman–Crippen LogP) is 2.59. The molecule has 0 saturated carbocycles. The van der Waals surface area contributed by atoms with Crippen molar-refractivity contribution in [1.82, 2.24) is 10.6 Å². The molecule has 0 saturated heterocycles. The molecular formula is C19H23N3O2. The number of anilines is 1. The molecule has 1 atom stereocenters. The van der Waals surface area contributed by atoms with Crippen molar-refractivity contribution in [3.63, 3.8) is 0 Å². The number of benzene rings is 2. The largest absolute Gasteiger partial charge is 0.350 e. The summed E-state index contributed by atoms with van der Waals surface area (Å²) >= 11 is 0. The number of aryl methyl sites for hydroxylation is 1. The van der Waals surface area contributed by atoms with Gasteiger partial charge in [-0.2, -0.15) is 0 Å². The van der Waals surface area contributed by atoms with E-state index in [9.17, 15) is 9.59 Å². The van der Waals surface area contributed by atoms with Gasteiger partial charge in [0.2, 0.25) is 0 Å². The highest BCUT2D eigenvalue weighted by atomic mass is 16.2. The van der Waals surface area contributed by atoms with Gasteiger partial charge in [-0.15, -0.1) is 0 Å². The van der Waals surface area contributed by atoms with E-state index in [0.29, 0.717) is 23.4 Å². The van der Waals surface area contributed by atoms with Crippen LogP contribution in [0.1, 0.15) is 33.2 Å². The Bertz CT molecular complexity index is 714. The van der Waals surface area contributed by atoms with Crippen molar-refractivity contribution in [2.75, 3.05) is 18.9 Å². The van der Waals surface area contributed by atoms with Gasteiger partial charge < -0.3 is 16.0 Å². The Morgan fingerprint density at radius 3 is 2.38 bits per heavy atom. The highest BCUT2D eigenvalue weighted by molar-refractivity contribution is 6.05. The van der Waals surface area contributed by atoms with Crippen LogP contribution < -0.4 is 16.0 Å². The maximum atomic E-state index is 12.3. The number of likely N-dealkylation sites (N-methyl/N-ethyl adjacent to an activating group) is 1. The molecule has 0 aromatic heterocycles. The molecule has 0 spiro atoms. The zero-order valence-electron chi connectivity index (χ0n) is 14.2. The first-order valence-electron chi connectivity index (χ1n) is 7.93. The van der Waals surface area contributed by atoms with Crippen LogP contribution in [0.4, 0.5) is 5.69 Å². The highest BCUT2D eigenvalue weighted by Crippen LogP contribution is 2.18. The minimum absolute atomic E-state index is 0.160. The van der Waals surface area contributed by atoms with Crippen LogP contribution in [0.5, 0.6) is 0 Å². The summed E-state index contributed by atoms with van der Waals surface area (Å²) in [7, 11) is 1.85. The third-order valence-electron chi connectivity index (χ3n) is 3.85. The van der Waals surface area contributed by atoms with Crippen molar-refractivity contribution in [2.45, 2.75) is 19.9 Å². The Labute approximate surface area is 142 Å². The van der Waals surface area contributed by atoms with Crippen LogP contribution in [0.2, 0.25) is 0 Å². The van der Waals surface area contributed by atoms with Gasteiger partial charge in [-0.25, -0.2) is 0 Å². The Balaban J connectivity index is 2.11. The molecular weight excluding hydrogens is 302 g/mol. The van der Waals surface area contributed by atoms with Crippen molar-refractivity contribution < 1.29 is 9.59 Å². The Hall–Kier alpha value is -2.66. The van der Waals surface area contributed by atoms with Gasteiger partial charge in [0.15, 0.2) is 0 Å². The van der Waals surface area contributed by atoms with Crippen LogP contribution in [-0.2, 0) is 0 Å². The van der Waals surface area contributed by atoms with Gasteiger partial charge in [0.25, 0.3) is 11.8 Å². The second-order valence-electron chi connectivity index (χ2n) is 5.75. The van der Waals surface area contributed by atoms with Crippen LogP contribution in [0.3, 0.4) is 0 Å². The number of carbonyl (C=O) groups is 2. The molecule has 2 aromatic carbocycles. The summed E-state index contributed by atoms with van der Waals surface area (Å²) in [6, 6.07) is 14.5. The summed E-state index contributed by atoms with van der Waals surface area (Å²) in [5, 5.41) is 8.80. The van der Waals surface area contributed by atoms with Gasteiger partial charge in [-0.05, 0) is 50.7 Å². The minimum Gasteiger partial charge on any atom is -0.350 e. The van der Waals surface area contributed by atoms with Crippen molar-refractivity contribution in [3.8, 4) is 0 Å². The lowest BCUT2D eigenvalue weighted by molar-refractivity contribution is 0.0949. The van der Waals surface area contributed by atoms with Crippen LogP contribution in [0.15, 0.2) is 48.5 Å². The van der Waals surface area contributed by atoms with Gasteiger partial charge in [-0.3, -0.25) is 9.59 Å². The molecule has 0 aliphatic heterocycles. The Kier molecular flexibility index (Phi) is 6.09. The molecule has 0 fully saturated rings. The van der Waals surface area contributed by atoms with E-state index >= 15 is 0 Å². The number of amides is 2. The van der Waals surface area contributed by atoms with E-state index in [0.717, 1.165) is 5.56 Å². The maximum absolute atomic E-state index is 12.3. The predicted molar refractivity (Wildman–Crippen MR) is 96.4 cm³/mol. The lowest BCUT2D eigenvalue weighted by Crippen LogP contribution is -2.37. The first-order chi connectivity index (χ1) is 11.5. The number of nitrogens with one attached hydrogen (secondary N) is 3. The second kappa shape index (κ2) is 8.26. The smallest absolute Gasteiger partial charge is 0.255 e. The molecule has 0 radical (unpaired) electrons.